The van der Waals surface area contributed by atoms with Gasteiger partial charge in [0.15, 0.2) is 11.5 Å². The number of hydrogen-bond donors (Lipinski definition) is 2. The summed E-state index contributed by atoms with van der Waals surface area (Å²) in [5, 5.41) is 23.8. The number of carboxylic acid groups (broad SMARTS) is 1. The van der Waals surface area contributed by atoms with Crippen molar-refractivity contribution in [3.8, 4) is 11.5 Å². The number of phenols is 1. The zero-order chi connectivity index (χ0) is 17.0. The van der Waals surface area contributed by atoms with Gasteiger partial charge in [0, 0.05) is 12.1 Å². The van der Waals surface area contributed by atoms with Gasteiger partial charge in [-0.25, -0.2) is 4.98 Å². The predicted molar refractivity (Wildman–Crippen MR) is 81.4 cm³/mol. The SMILES string of the molecule is COc1cccc(CNC(=O)Cc2nc(C)c(C(=O)[O-])s2)c1O. The lowest BCUT2D eigenvalue weighted by Crippen LogP contribution is -2.24. The number of aromatic nitrogens is 1. The maximum absolute atomic E-state index is 11.9. The van der Waals surface area contributed by atoms with Gasteiger partial charge in [0.1, 0.15) is 5.01 Å². The van der Waals surface area contributed by atoms with Crippen molar-refractivity contribution >= 4 is 23.2 Å². The van der Waals surface area contributed by atoms with E-state index in [0.29, 0.717) is 22.0 Å². The number of rotatable bonds is 6. The molecule has 122 valence electrons. The number of carboxylic acids is 1. The summed E-state index contributed by atoms with van der Waals surface area (Å²) in [6.07, 6.45) is -0.0382. The molecule has 0 unspecified atom stereocenters. The molecule has 0 fully saturated rings. The average molecular weight is 335 g/mol. The number of aromatic hydroxyl groups is 1. The molecule has 8 heteroatoms. The van der Waals surface area contributed by atoms with Crippen LogP contribution in [0.2, 0.25) is 0 Å². The first kappa shape index (κ1) is 16.8. The Hall–Kier alpha value is -2.61. The van der Waals surface area contributed by atoms with Crippen molar-refractivity contribution < 1.29 is 24.5 Å². The Balaban J connectivity index is 1.98. The van der Waals surface area contributed by atoms with Crippen LogP contribution in [-0.4, -0.2) is 29.1 Å². The number of methoxy groups -OCH3 is 1. The molecule has 0 aliphatic carbocycles. The van der Waals surface area contributed by atoms with Crippen LogP contribution in [0.5, 0.6) is 11.5 Å². The fourth-order valence-electron chi connectivity index (χ4n) is 1.99. The minimum absolute atomic E-state index is 0.0261. The summed E-state index contributed by atoms with van der Waals surface area (Å²) in [6.45, 7) is 1.68. The molecule has 0 spiro atoms. The van der Waals surface area contributed by atoms with Crippen LogP contribution in [0, 0.1) is 6.92 Å². The van der Waals surface area contributed by atoms with Crippen LogP contribution in [0.3, 0.4) is 0 Å². The molecule has 0 atom stereocenters. The monoisotopic (exact) mass is 335 g/mol. The Labute approximate surface area is 136 Å². The standard InChI is InChI=1S/C15H16N2O5S/c1-8-14(15(20)21)23-12(17-8)6-11(18)16-7-9-4-3-5-10(22-2)13(9)19/h3-5,19H,6-7H2,1-2H3,(H,16,18)(H,20,21)/p-1. The molecule has 2 aromatic rings. The number of carbonyl (C=O) groups is 2. The summed E-state index contributed by atoms with van der Waals surface area (Å²) in [5.74, 6) is -1.33. The number of thiazole rings is 1. The summed E-state index contributed by atoms with van der Waals surface area (Å²) < 4.78 is 4.99. The normalized spacial score (nSPS) is 10.3. The van der Waals surface area contributed by atoms with E-state index < -0.39 is 5.97 Å². The Morgan fingerprint density at radius 1 is 1.43 bits per heavy atom. The van der Waals surface area contributed by atoms with E-state index in [9.17, 15) is 19.8 Å². The summed E-state index contributed by atoms with van der Waals surface area (Å²) >= 11 is 0.923. The number of nitrogens with zero attached hydrogens (tertiary/aromatic N) is 1. The van der Waals surface area contributed by atoms with Crippen LogP contribution < -0.4 is 15.2 Å². The van der Waals surface area contributed by atoms with E-state index in [-0.39, 0.29) is 29.5 Å². The third-order valence-corrected chi connectivity index (χ3v) is 4.25. The molecule has 2 N–H and O–H groups in total. The summed E-state index contributed by atoms with van der Waals surface area (Å²) in [4.78, 5) is 26.8. The Morgan fingerprint density at radius 3 is 2.78 bits per heavy atom. The predicted octanol–water partition coefficient (Wildman–Crippen LogP) is 0.388. The van der Waals surface area contributed by atoms with Crippen molar-refractivity contribution in [3.63, 3.8) is 0 Å². The molecule has 2 rings (SSSR count). The van der Waals surface area contributed by atoms with Crippen LogP contribution >= 0.6 is 11.3 Å². The second-order valence-electron chi connectivity index (χ2n) is 4.73. The molecule has 1 amide bonds. The number of amides is 1. The van der Waals surface area contributed by atoms with E-state index in [1.165, 1.54) is 7.11 Å². The van der Waals surface area contributed by atoms with Crippen molar-refractivity contribution in [2.45, 2.75) is 19.9 Å². The Morgan fingerprint density at radius 2 is 2.17 bits per heavy atom. The molecule has 0 bridgehead atoms. The first-order chi connectivity index (χ1) is 10.9. The molecular formula is C15H15N2O5S-. The smallest absolute Gasteiger partial charge is 0.227 e. The van der Waals surface area contributed by atoms with E-state index >= 15 is 0 Å². The fourth-order valence-corrected chi connectivity index (χ4v) is 2.88. The third kappa shape index (κ3) is 3.98. The number of hydrogen-bond acceptors (Lipinski definition) is 7. The summed E-state index contributed by atoms with van der Waals surface area (Å²) in [7, 11) is 1.44. The van der Waals surface area contributed by atoms with Crippen LogP contribution in [0.25, 0.3) is 0 Å². The second kappa shape index (κ2) is 7.10. The third-order valence-electron chi connectivity index (χ3n) is 3.12. The summed E-state index contributed by atoms with van der Waals surface area (Å²) in [5.41, 5.74) is 0.853. The summed E-state index contributed by atoms with van der Waals surface area (Å²) in [6, 6.07) is 4.98. The van der Waals surface area contributed by atoms with Crippen molar-refractivity contribution in [1.29, 1.82) is 0 Å². The van der Waals surface area contributed by atoms with Crippen LogP contribution in [0.4, 0.5) is 0 Å². The molecule has 0 radical (unpaired) electrons. The van der Waals surface area contributed by atoms with E-state index in [4.69, 9.17) is 4.74 Å². The van der Waals surface area contributed by atoms with Gasteiger partial charge < -0.3 is 25.1 Å². The second-order valence-corrected chi connectivity index (χ2v) is 5.81. The highest BCUT2D eigenvalue weighted by Gasteiger charge is 2.13. The topological polar surface area (TPSA) is 112 Å². The number of phenolic OH excluding ortho intramolecular Hbond substituents is 1. The minimum atomic E-state index is -1.30. The fraction of sp³-hybridized carbons (Fsp3) is 0.267. The van der Waals surface area contributed by atoms with Gasteiger partial charge in [0.2, 0.25) is 5.91 Å². The number of nitrogens with one attached hydrogen (secondary N) is 1. The lowest BCUT2D eigenvalue weighted by Gasteiger charge is -2.09. The number of carbonyl (C=O) groups excluding carboxylic acids is 2. The van der Waals surface area contributed by atoms with Gasteiger partial charge in [0.05, 0.1) is 30.1 Å². The first-order valence-corrected chi connectivity index (χ1v) is 7.53. The number of ether oxygens (including phenoxy) is 1. The first-order valence-electron chi connectivity index (χ1n) is 6.71. The quantitative estimate of drug-likeness (QED) is 0.790. The molecule has 1 heterocycles. The molecule has 0 saturated carbocycles. The van der Waals surface area contributed by atoms with E-state index in [1.54, 1.807) is 25.1 Å². The highest BCUT2D eigenvalue weighted by molar-refractivity contribution is 7.13. The number of benzene rings is 1. The van der Waals surface area contributed by atoms with Crippen LogP contribution in [-0.2, 0) is 17.8 Å². The number of para-hydroxylation sites is 1. The maximum Gasteiger partial charge on any atom is 0.227 e. The van der Waals surface area contributed by atoms with Crippen molar-refractivity contribution in [3.05, 3.63) is 39.3 Å². The Bertz CT molecular complexity index is 741. The van der Waals surface area contributed by atoms with Gasteiger partial charge >= 0.3 is 0 Å². The molecule has 1 aromatic carbocycles. The lowest BCUT2D eigenvalue weighted by atomic mass is 10.2. The van der Waals surface area contributed by atoms with Gasteiger partial charge in [-0.2, -0.15) is 0 Å². The van der Waals surface area contributed by atoms with E-state index in [0.717, 1.165) is 11.3 Å². The van der Waals surface area contributed by atoms with Crippen LogP contribution in [0.15, 0.2) is 18.2 Å². The zero-order valence-corrected chi connectivity index (χ0v) is 13.4. The minimum Gasteiger partial charge on any atom is -0.544 e. The molecule has 0 saturated heterocycles. The van der Waals surface area contributed by atoms with Crippen molar-refractivity contribution in [1.82, 2.24) is 10.3 Å². The average Bonchev–Trinajstić information content (AvgIpc) is 2.87. The lowest BCUT2D eigenvalue weighted by molar-refractivity contribution is -0.254. The van der Waals surface area contributed by atoms with E-state index in [1.807, 2.05) is 0 Å². The number of aromatic carboxylic acids is 1. The zero-order valence-electron chi connectivity index (χ0n) is 12.6. The van der Waals surface area contributed by atoms with Gasteiger partial charge in [-0.3, -0.25) is 4.79 Å². The molecule has 0 aliphatic heterocycles. The molecular weight excluding hydrogens is 320 g/mol. The van der Waals surface area contributed by atoms with E-state index in [2.05, 4.69) is 10.3 Å². The highest BCUT2D eigenvalue weighted by Crippen LogP contribution is 2.29. The van der Waals surface area contributed by atoms with Crippen molar-refractivity contribution in [2.75, 3.05) is 7.11 Å². The van der Waals surface area contributed by atoms with Gasteiger partial charge in [-0.1, -0.05) is 12.1 Å². The molecule has 7 nitrogen and oxygen atoms in total. The largest absolute Gasteiger partial charge is 0.544 e. The van der Waals surface area contributed by atoms with Gasteiger partial charge in [0.25, 0.3) is 0 Å². The maximum atomic E-state index is 11.9. The molecule has 0 aliphatic rings. The van der Waals surface area contributed by atoms with Crippen molar-refractivity contribution in [2.24, 2.45) is 0 Å². The van der Waals surface area contributed by atoms with Gasteiger partial charge in [-0.15, -0.1) is 11.3 Å². The molecule has 23 heavy (non-hydrogen) atoms. The van der Waals surface area contributed by atoms with Gasteiger partial charge in [-0.05, 0) is 13.0 Å². The van der Waals surface area contributed by atoms with Crippen LogP contribution in [0.1, 0.15) is 25.9 Å². The number of aryl methyl sites for hydroxylation is 1. The molecule has 1 aromatic heterocycles. The Kier molecular flexibility index (Phi) is 5.17. The highest BCUT2D eigenvalue weighted by atomic mass is 32.1.